The van der Waals surface area contributed by atoms with Crippen LogP contribution in [-0.2, 0) is 4.79 Å². The van der Waals surface area contributed by atoms with Gasteiger partial charge in [-0.2, -0.15) is 5.10 Å². The molecule has 0 N–H and O–H groups in total. The lowest BCUT2D eigenvalue weighted by atomic mass is 10.00. The molecule has 3 aromatic rings. The minimum absolute atomic E-state index is 0.100. The van der Waals surface area contributed by atoms with Gasteiger partial charge >= 0.3 is 0 Å². The van der Waals surface area contributed by atoms with Crippen molar-refractivity contribution in [3.05, 3.63) is 62.9 Å². The van der Waals surface area contributed by atoms with E-state index in [2.05, 4.69) is 10.1 Å². The van der Waals surface area contributed by atoms with Crippen LogP contribution in [0.25, 0.3) is 10.9 Å². The summed E-state index contributed by atoms with van der Waals surface area (Å²) < 4.78 is 0. The molecule has 4 rings (SSSR count). The second-order valence-corrected chi connectivity index (χ2v) is 7.43. The topological polar surface area (TPSA) is 45.6 Å². The van der Waals surface area contributed by atoms with Crippen LogP contribution < -0.4 is 0 Å². The molecule has 1 aliphatic rings. The van der Waals surface area contributed by atoms with E-state index in [0.717, 1.165) is 32.6 Å². The quantitative estimate of drug-likeness (QED) is 0.599. The molecule has 0 spiro atoms. The van der Waals surface area contributed by atoms with Gasteiger partial charge < -0.3 is 0 Å². The van der Waals surface area contributed by atoms with Crippen molar-refractivity contribution in [1.29, 1.82) is 0 Å². The zero-order chi connectivity index (χ0) is 17.6. The first-order valence-electron chi connectivity index (χ1n) is 8.01. The third-order valence-electron chi connectivity index (χ3n) is 4.43. The number of benzene rings is 1. The van der Waals surface area contributed by atoms with E-state index in [1.54, 1.807) is 11.3 Å². The number of hydrazone groups is 1. The number of para-hydroxylation sites is 1. The van der Waals surface area contributed by atoms with E-state index in [9.17, 15) is 4.79 Å². The van der Waals surface area contributed by atoms with Gasteiger partial charge in [0.1, 0.15) is 5.15 Å². The largest absolute Gasteiger partial charge is 0.273 e. The van der Waals surface area contributed by atoms with Gasteiger partial charge in [0.05, 0.1) is 22.1 Å². The van der Waals surface area contributed by atoms with Crippen LogP contribution in [-0.4, -0.2) is 21.6 Å². The Kier molecular flexibility index (Phi) is 4.06. The monoisotopic (exact) mass is 369 g/mol. The highest BCUT2D eigenvalue weighted by atomic mass is 35.5. The first-order valence-corrected chi connectivity index (χ1v) is 9.27. The molecule has 1 amide bonds. The highest BCUT2D eigenvalue weighted by Gasteiger charge is 2.33. The predicted octanol–water partition coefficient (Wildman–Crippen LogP) is 4.96. The molecule has 1 unspecified atom stereocenters. The van der Waals surface area contributed by atoms with Crippen molar-refractivity contribution in [3.63, 3.8) is 0 Å². The van der Waals surface area contributed by atoms with E-state index < -0.39 is 0 Å². The Morgan fingerprint density at radius 2 is 2.16 bits per heavy atom. The van der Waals surface area contributed by atoms with Crippen molar-refractivity contribution in [2.24, 2.45) is 5.10 Å². The van der Waals surface area contributed by atoms with Crippen LogP contribution in [0.15, 0.2) is 46.9 Å². The van der Waals surface area contributed by atoms with E-state index >= 15 is 0 Å². The average Bonchev–Trinajstić information content (AvgIpc) is 3.24. The minimum Gasteiger partial charge on any atom is -0.273 e. The van der Waals surface area contributed by atoms with Gasteiger partial charge in [-0.15, -0.1) is 11.3 Å². The third-order valence-corrected chi connectivity index (χ3v) is 5.65. The Labute approximate surface area is 154 Å². The Bertz CT molecular complexity index is 997. The molecular formula is C19H16ClN3OS. The average molecular weight is 370 g/mol. The predicted molar refractivity (Wildman–Crippen MR) is 102 cm³/mol. The van der Waals surface area contributed by atoms with Crippen LogP contribution in [0.3, 0.4) is 0 Å². The van der Waals surface area contributed by atoms with E-state index in [-0.39, 0.29) is 11.9 Å². The summed E-state index contributed by atoms with van der Waals surface area (Å²) in [5.74, 6) is -0.100. The summed E-state index contributed by atoms with van der Waals surface area (Å²) in [7, 11) is 0. The van der Waals surface area contributed by atoms with E-state index in [0.29, 0.717) is 11.6 Å². The maximum absolute atomic E-state index is 12.1. The van der Waals surface area contributed by atoms with Crippen LogP contribution in [0.5, 0.6) is 0 Å². The second-order valence-electron chi connectivity index (χ2n) is 6.12. The number of fused-ring (bicyclic) bond motifs is 1. The number of nitrogens with zero attached hydrogens (tertiary/aromatic N) is 3. The highest BCUT2D eigenvalue weighted by molar-refractivity contribution is 7.12. The lowest BCUT2D eigenvalue weighted by Crippen LogP contribution is -2.24. The van der Waals surface area contributed by atoms with Crippen molar-refractivity contribution in [3.8, 4) is 0 Å². The molecule has 1 aliphatic heterocycles. The number of pyridine rings is 1. The third kappa shape index (κ3) is 2.83. The van der Waals surface area contributed by atoms with Gasteiger partial charge in [0, 0.05) is 24.3 Å². The molecule has 0 bridgehead atoms. The minimum atomic E-state index is -0.223. The molecule has 25 heavy (non-hydrogen) atoms. The van der Waals surface area contributed by atoms with Gasteiger partial charge in [0.2, 0.25) is 5.91 Å². The number of carbonyl (C=O) groups excluding carboxylic acids is 1. The molecule has 0 saturated carbocycles. The Morgan fingerprint density at radius 1 is 1.32 bits per heavy atom. The molecule has 126 valence electrons. The summed E-state index contributed by atoms with van der Waals surface area (Å²) in [5, 5.41) is 9.54. The fourth-order valence-corrected chi connectivity index (χ4v) is 4.19. The number of halogens is 1. The Hall–Kier alpha value is -2.24. The number of aryl methyl sites for hydroxylation is 1. The summed E-state index contributed by atoms with van der Waals surface area (Å²) in [4.78, 5) is 17.8. The maximum atomic E-state index is 12.1. The van der Waals surface area contributed by atoms with Gasteiger partial charge in [-0.1, -0.05) is 35.9 Å². The summed E-state index contributed by atoms with van der Waals surface area (Å²) in [6.45, 7) is 3.54. The Morgan fingerprint density at radius 3 is 2.88 bits per heavy atom. The number of hydrogen-bond donors (Lipinski definition) is 0. The zero-order valence-corrected chi connectivity index (χ0v) is 15.4. The molecule has 6 heteroatoms. The molecule has 2 aromatic heterocycles. The van der Waals surface area contributed by atoms with E-state index in [1.165, 1.54) is 11.9 Å². The molecule has 1 aromatic carbocycles. The van der Waals surface area contributed by atoms with Crippen LogP contribution in [0, 0.1) is 6.92 Å². The molecular weight excluding hydrogens is 354 g/mol. The van der Waals surface area contributed by atoms with Gasteiger partial charge in [-0.3, -0.25) is 4.79 Å². The van der Waals surface area contributed by atoms with Crippen molar-refractivity contribution in [1.82, 2.24) is 9.99 Å². The zero-order valence-electron chi connectivity index (χ0n) is 13.9. The van der Waals surface area contributed by atoms with Gasteiger partial charge in [-0.25, -0.2) is 9.99 Å². The number of aromatic nitrogens is 1. The van der Waals surface area contributed by atoms with Crippen molar-refractivity contribution < 1.29 is 4.79 Å². The number of rotatable bonds is 2. The molecule has 0 saturated heterocycles. The van der Waals surface area contributed by atoms with Crippen molar-refractivity contribution >= 4 is 45.5 Å². The van der Waals surface area contributed by atoms with Gasteiger partial charge in [0.15, 0.2) is 0 Å². The van der Waals surface area contributed by atoms with E-state index in [1.807, 2.05) is 48.7 Å². The molecule has 0 radical (unpaired) electrons. The van der Waals surface area contributed by atoms with Crippen LogP contribution in [0.2, 0.25) is 5.15 Å². The number of amides is 1. The normalized spacial score (nSPS) is 17.2. The van der Waals surface area contributed by atoms with Crippen molar-refractivity contribution in [2.45, 2.75) is 26.3 Å². The number of thiophene rings is 1. The lowest BCUT2D eigenvalue weighted by molar-refractivity contribution is -0.130. The SMILES string of the molecule is CC(=O)N1N=C(c2cccs2)CC1c1cc2cccc(C)c2nc1Cl. The Balaban J connectivity index is 1.80. The molecule has 0 aliphatic carbocycles. The van der Waals surface area contributed by atoms with E-state index in [4.69, 9.17) is 11.6 Å². The van der Waals surface area contributed by atoms with Crippen LogP contribution >= 0.6 is 22.9 Å². The van der Waals surface area contributed by atoms with Gasteiger partial charge in [-0.05, 0) is 30.0 Å². The number of hydrogen-bond acceptors (Lipinski definition) is 4. The maximum Gasteiger partial charge on any atom is 0.240 e. The molecule has 3 heterocycles. The molecule has 4 nitrogen and oxygen atoms in total. The first-order chi connectivity index (χ1) is 12.0. The van der Waals surface area contributed by atoms with Crippen LogP contribution in [0.1, 0.15) is 35.4 Å². The summed E-state index contributed by atoms with van der Waals surface area (Å²) in [5.41, 5.74) is 3.72. The molecule has 0 fully saturated rings. The smallest absolute Gasteiger partial charge is 0.240 e. The summed E-state index contributed by atoms with van der Waals surface area (Å²) in [6.07, 6.45) is 0.638. The standard InChI is InChI=1S/C19H16ClN3OS/c1-11-5-3-6-13-9-14(19(20)21-18(11)13)16-10-15(17-7-4-8-25-17)22-23(16)12(2)24/h3-9,16H,10H2,1-2H3. The highest BCUT2D eigenvalue weighted by Crippen LogP contribution is 2.38. The first kappa shape index (κ1) is 16.2. The summed E-state index contributed by atoms with van der Waals surface area (Å²) >= 11 is 8.12. The lowest BCUT2D eigenvalue weighted by Gasteiger charge is -2.21. The second kappa shape index (κ2) is 6.24. The van der Waals surface area contributed by atoms with Gasteiger partial charge in [0.25, 0.3) is 0 Å². The number of carbonyl (C=O) groups is 1. The van der Waals surface area contributed by atoms with Crippen LogP contribution in [0.4, 0.5) is 0 Å². The van der Waals surface area contributed by atoms with Crippen molar-refractivity contribution in [2.75, 3.05) is 0 Å². The summed E-state index contributed by atoms with van der Waals surface area (Å²) in [6, 6.07) is 11.9. The molecule has 1 atom stereocenters. The fourth-order valence-electron chi connectivity index (χ4n) is 3.21. The fraction of sp³-hybridized carbons (Fsp3) is 0.211.